The highest BCUT2D eigenvalue weighted by atomic mass is 16.2. The maximum Gasteiger partial charge on any atom is 0.315 e. The minimum atomic E-state index is -0.815. The van der Waals surface area contributed by atoms with Gasteiger partial charge in [0.2, 0.25) is 17.6 Å². The molecule has 10 nitrogen and oxygen atoms in total. The zero-order chi connectivity index (χ0) is 33.1. The van der Waals surface area contributed by atoms with Gasteiger partial charge < -0.3 is 26.2 Å². The summed E-state index contributed by atoms with van der Waals surface area (Å²) < 4.78 is 0. The fraction of sp³-hybridized carbons (Fsp3) is 0.848. The van der Waals surface area contributed by atoms with Gasteiger partial charge in [0.15, 0.2) is 6.29 Å². The van der Waals surface area contributed by atoms with Crippen molar-refractivity contribution in [3.63, 3.8) is 0 Å². The number of rotatable bonds is 10. The number of nitrogens with zero attached hydrogens (tertiary/aromatic N) is 1. The van der Waals surface area contributed by atoms with Gasteiger partial charge in [-0.25, -0.2) is 4.79 Å². The maximum absolute atomic E-state index is 13.5. The van der Waals surface area contributed by atoms with Gasteiger partial charge in [0.25, 0.3) is 0 Å². The van der Waals surface area contributed by atoms with E-state index in [4.69, 9.17) is 0 Å². The van der Waals surface area contributed by atoms with Crippen LogP contribution < -0.4 is 21.3 Å². The van der Waals surface area contributed by atoms with Gasteiger partial charge in [-0.05, 0) is 57.4 Å². The number of hydrogen-bond donors (Lipinski definition) is 4. The van der Waals surface area contributed by atoms with E-state index in [2.05, 4.69) is 42.0 Å². The zero-order valence-electron chi connectivity index (χ0n) is 28.7. The topological polar surface area (TPSA) is 137 Å². The van der Waals surface area contributed by atoms with Gasteiger partial charge >= 0.3 is 6.03 Å². The number of aldehydes is 1. The molecule has 0 radical (unpaired) electrons. The van der Waals surface area contributed by atoms with Crippen molar-refractivity contribution >= 4 is 29.9 Å². The minimum absolute atomic E-state index is 0.158. The average Bonchev–Trinajstić information content (AvgIpc) is 3.73. The highest BCUT2D eigenvalue weighted by Gasteiger charge is 2.42. The Morgan fingerprint density at radius 3 is 1.93 bits per heavy atom. The Balaban J connectivity index is 0.00000136. The van der Waals surface area contributed by atoms with Gasteiger partial charge in [-0.1, -0.05) is 87.5 Å². The number of carbonyl (C=O) groups is 5. The summed E-state index contributed by atoms with van der Waals surface area (Å²) >= 11 is 0. The average molecular weight is 610 g/mol. The third-order valence-electron chi connectivity index (χ3n) is 8.15. The molecule has 3 rings (SSSR count). The smallest absolute Gasteiger partial charge is 0.315 e. The molecule has 2 atom stereocenters. The molecular weight excluding hydrogens is 546 g/mol. The molecular formula is C33H63N5O5. The predicted octanol–water partition coefficient (Wildman–Crippen LogP) is 4.89. The summed E-state index contributed by atoms with van der Waals surface area (Å²) in [5.41, 5.74) is -0.813. The van der Waals surface area contributed by atoms with E-state index in [9.17, 15) is 24.0 Å². The quantitative estimate of drug-likeness (QED) is 0.206. The van der Waals surface area contributed by atoms with Crippen molar-refractivity contribution in [3.05, 3.63) is 0 Å². The van der Waals surface area contributed by atoms with E-state index in [1.807, 2.05) is 41.7 Å². The van der Waals surface area contributed by atoms with Crippen LogP contribution in [0.25, 0.3) is 0 Å². The third-order valence-corrected chi connectivity index (χ3v) is 8.15. The summed E-state index contributed by atoms with van der Waals surface area (Å²) in [5.74, 6) is -1.51. The van der Waals surface area contributed by atoms with Crippen LogP contribution in [0.5, 0.6) is 0 Å². The van der Waals surface area contributed by atoms with Crippen LogP contribution >= 0.6 is 0 Å². The number of Topliss-reactive ketones (excluding diaryl/α,β-unsaturated/α-hetero) is 1. The van der Waals surface area contributed by atoms with Gasteiger partial charge in [0.1, 0.15) is 12.1 Å². The molecule has 1 aliphatic heterocycles. The van der Waals surface area contributed by atoms with Crippen LogP contribution in [0.3, 0.4) is 0 Å². The molecule has 0 aromatic rings. The van der Waals surface area contributed by atoms with Crippen molar-refractivity contribution in [2.75, 3.05) is 20.1 Å². The van der Waals surface area contributed by atoms with Gasteiger partial charge in [0, 0.05) is 18.1 Å². The Hall–Kier alpha value is -2.49. The third kappa shape index (κ3) is 15.2. The summed E-state index contributed by atoms with van der Waals surface area (Å²) in [5, 5.41) is 11.6. The van der Waals surface area contributed by atoms with Crippen LogP contribution in [0.2, 0.25) is 0 Å². The number of unbranched alkanes of at least 4 members (excludes halogenated alkanes) is 1. The van der Waals surface area contributed by atoms with Gasteiger partial charge in [-0.15, -0.1) is 0 Å². The molecule has 3 aliphatic rings. The number of ketones is 1. The molecule has 4 N–H and O–H groups in total. The Morgan fingerprint density at radius 1 is 0.930 bits per heavy atom. The number of urea groups is 1. The Labute approximate surface area is 261 Å². The van der Waals surface area contributed by atoms with Crippen LogP contribution in [-0.4, -0.2) is 78.6 Å². The van der Waals surface area contributed by atoms with Crippen LogP contribution in [0, 0.1) is 5.41 Å². The molecule has 2 unspecified atom stereocenters. The summed E-state index contributed by atoms with van der Waals surface area (Å²) in [6.45, 7) is 16.1. The van der Waals surface area contributed by atoms with Crippen molar-refractivity contribution in [1.82, 2.24) is 26.2 Å². The molecule has 2 aliphatic carbocycles. The molecule has 2 saturated carbocycles. The van der Waals surface area contributed by atoms with Crippen molar-refractivity contribution in [2.24, 2.45) is 5.41 Å². The lowest BCUT2D eigenvalue weighted by atomic mass is 9.80. The number of nitrogens with one attached hydrogen (secondary N) is 4. The molecule has 43 heavy (non-hydrogen) atoms. The largest absolute Gasteiger partial charge is 0.347 e. The van der Waals surface area contributed by atoms with Crippen molar-refractivity contribution in [2.45, 2.75) is 156 Å². The lowest BCUT2D eigenvalue weighted by Crippen LogP contribution is -2.61. The van der Waals surface area contributed by atoms with E-state index in [1.165, 1.54) is 37.0 Å². The Morgan fingerprint density at radius 2 is 1.51 bits per heavy atom. The number of amides is 4. The molecule has 0 aromatic carbocycles. The first-order valence-corrected chi connectivity index (χ1v) is 16.7. The predicted molar refractivity (Wildman–Crippen MR) is 174 cm³/mol. The van der Waals surface area contributed by atoms with E-state index in [1.54, 1.807) is 0 Å². The molecule has 10 heteroatoms. The van der Waals surface area contributed by atoms with Crippen LogP contribution in [0.4, 0.5) is 4.79 Å². The monoisotopic (exact) mass is 609 g/mol. The lowest BCUT2D eigenvalue weighted by Gasteiger charge is -2.39. The minimum Gasteiger partial charge on any atom is -0.347 e. The lowest BCUT2D eigenvalue weighted by molar-refractivity contribution is -0.142. The molecule has 1 heterocycles. The highest BCUT2D eigenvalue weighted by Crippen LogP contribution is 2.31. The van der Waals surface area contributed by atoms with Crippen molar-refractivity contribution < 1.29 is 24.0 Å². The van der Waals surface area contributed by atoms with E-state index in [-0.39, 0.29) is 30.3 Å². The SMILES string of the molecule is CC.CCC1(NC(=O)NC(C(=O)N2CCCC2C(=O)NCC(=O)C=O)C(C)(C)C)CCCCC1.CCCC.CNC1CC1. The fourth-order valence-electron chi connectivity index (χ4n) is 5.03. The van der Waals surface area contributed by atoms with Gasteiger partial charge in [-0.2, -0.15) is 0 Å². The second-order valence-corrected chi connectivity index (χ2v) is 12.6. The van der Waals surface area contributed by atoms with E-state index in [0.717, 1.165) is 38.1 Å². The summed E-state index contributed by atoms with van der Waals surface area (Å²) in [6, 6.07) is -1.02. The maximum atomic E-state index is 13.5. The van der Waals surface area contributed by atoms with Crippen LogP contribution in [-0.2, 0) is 19.2 Å². The first-order chi connectivity index (χ1) is 20.4. The Kier molecular flexibility index (Phi) is 20.0. The fourth-order valence-corrected chi connectivity index (χ4v) is 5.03. The zero-order valence-corrected chi connectivity index (χ0v) is 28.7. The first-order valence-electron chi connectivity index (χ1n) is 16.7. The second kappa shape index (κ2) is 21.3. The number of carbonyl (C=O) groups excluding carboxylic acids is 5. The van der Waals surface area contributed by atoms with Crippen LogP contribution in [0.15, 0.2) is 0 Å². The molecule has 4 amide bonds. The summed E-state index contributed by atoms with van der Waals surface area (Å²) in [4.78, 5) is 62.1. The van der Waals surface area contributed by atoms with E-state index >= 15 is 0 Å². The second-order valence-electron chi connectivity index (χ2n) is 12.6. The first kappa shape index (κ1) is 40.5. The van der Waals surface area contributed by atoms with E-state index in [0.29, 0.717) is 19.4 Å². The highest BCUT2D eigenvalue weighted by molar-refractivity contribution is 6.26. The summed E-state index contributed by atoms with van der Waals surface area (Å²) in [7, 11) is 2.01. The van der Waals surface area contributed by atoms with Crippen molar-refractivity contribution in [3.8, 4) is 0 Å². The van der Waals surface area contributed by atoms with Gasteiger partial charge in [0.05, 0.1) is 6.54 Å². The molecule has 1 saturated heterocycles. The van der Waals surface area contributed by atoms with Gasteiger partial charge in [-0.3, -0.25) is 19.2 Å². The number of likely N-dealkylation sites (tertiary alicyclic amines) is 1. The molecule has 0 spiro atoms. The Bertz CT molecular complexity index is 845. The molecule has 0 aromatic heterocycles. The summed E-state index contributed by atoms with van der Waals surface area (Å²) in [6.07, 6.45) is 12.7. The number of hydrogen-bond acceptors (Lipinski definition) is 6. The molecule has 250 valence electrons. The molecule has 3 fully saturated rings. The normalized spacial score (nSPS) is 19.5. The standard InChI is InChI=1S/C23H38N4O5.C4H9N.C4H10.C2H6/c1-5-23(11-7-6-8-12-23)26-21(32)25-18(22(2,3)4)20(31)27-13-9-10-17(27)19(30)24-14-16(29)15-28;1-5-4-2-3-4;1-3-4-2;1-2/h15,17-18H,5-14H2,1-4H3,(H,24,30)(H2,25,26,32);4-5H,2-3H2,1H3;3-4H2,1-2H3;1-2H3. The van der Waals surface area contributed by atoms with Crippen LogP contribution in [0.1, 0.15) is 132 Å². The van der Waals surface area contributed by atoms with E-state index < -0.39 is 29.2 Å². The molecule has 0 bridgehead atoms. The van der Waals surface area contributed by atoms with Crippen molar-refractivity contribution in [1.29, 1.82) is 0 Å².